The lowest BCUT2D eigenvalue weighted by atomic mass is 10.1. The lowest BCUT2D eigenvalue weighted by molar-refractivity contribution is 0.0955. The number of carbonyl (C=O) groups excluding carboxylic acids is 1. The topological polar surface area (TPSA) is 75.6 Å². The van der Waals surface area contributed by atoms with Gasteiger partial charge in [-0.25, -0.2) is 10.4 Å². The Morgan fingerprint density at radius 2 is 1.81 bits per heavy atom. The molecule has 3 aromatic carbocycles. The van der Waals surface area contributed by atoms with Crippen molar-refractivity contribution in [2.75, 3.05) is 11.9 Å². The molecule has 184 valence electrons. The van der Waals surface area contributed by atoms with Crippen LogP contribution < -0.4 is 15.5 Å². The van der Waals surface area contributed by atoms with Crippen molar-refractivity contribution in [3.63, 3.8) is 0 Å². The number of benzene rings is 3. The number of amides is 1. The molecule has 2 N–H and O–H groups in total. The molecular formula is C27H24Cl2N4O2S. The molecule has 0 fully saturated rings. The maximum absolute atomic E-state index is 12.6. The Morgan fingerprint density at radius 3 is 2.56 bits per heavy atom. The van der Waals surface area contributed by atoms with Crippen LogP contribution in [0.1, 0.15) is 35.7 Å². The van der Waals surface area contributed by atoms with Gasteiger partial charge in [-0.15, -0.1) is 11.3 Å². The van der Waals surface area contributed by atoms with E-state index in [1.807, 2.05) is 41.8 Å². The summed E-state index contributed by atoms with van der Waals surface area (Å²) in [6, 6.07) is 19.9. The van der Waals surface area contributed by atoms with Crippen LogP contribution in [-0.4, -0.2) is 23.7 Å². The summed E-state index contributed by atoms with van der Waals surface area (Å²) in [5.74, 6) is 0.347. The Morgan fingerprint density at radius 1 is 1.06 bits per heavy atom. The van der Waals surface area contributed by atoms with Gasteiger partial charge in [-0.2, -0.15) is 5.10 Å². The number of hydrogen-bond acceptors (Lipinski definition) is 6. The van der Waals surface area contributed by atoms with E-state index in [9.17, 15) is 4.79 Å². The number of thiazole rings is 1. The molecule has 0 saturated carbocycles. The summed E-state index contributed by atoms with van der Waals surface area (Å²) in [5, 5.41) is 11.3. The summed E-state index contributed by atoms with van der Waals surface area (Å²) < 4.78 is 5.79. The molecule has 0 aliphatic heterocycles. The summed E-state index contributed by atoms with van der Waals surface area (Å²) in [7, 11) is 0. The SMILES string of the molecule is CCCCOc1ccc(Cl)cc1/C=N\NC(=O)c1ccc(-c2csc(Nc3ccc(Cl)cc3)n2)cc1. The Kier molecular flexibility index (Phi) is 8.95. The molecule has 9 heteroatoms. The molecule has 0 radical (unpaired) electrons. The highest BCUT2D eigenvalue weighted by Gasteiger charge is 2.09. The number of hydrogen-bond donors (Lipinski definition) is 2. The zero-order valence-corrected chi connectivity index (χ0v) is 21.8. The zero-order chi connectivity index (χ0) is 25.3. The van der Waals surface area contributed by atoms with Crippen molar-refractivity contribution >= 4 is 57.5 Å². The molecule has 0 aliphatic carbocycles. The van der Waals surface area contributed by atoms with Crippen molar-refractivity contribution in [3.8, 4) is 17.0 Å². The minimum Gasteiger partial charge on any atom is -0.493 e. The van der Waals surface area contributed by atoms with Crippen LogP contribution in [0.5, 0.6) is 5.75 Å². The average molecular weight is 539 g/mol. The first-order chi connectivity index (χ1) is 17.5. The van der Waals surface area contributed by atoms with E-state index in [0.717, 1.165) is 34.9 Å². The van der Waals surface area contributed by atoms with E-state index in [1.165, 1.54) is 17.6 Å². The summed E-state index contributed by atoms with van der Waals surface area (Å²) in [6.07, 6.45) is 3.52. The van der Waals surface area contributed by atoms with E-state index >= 15 is 0 Å². The van der Waals surface area contributed by atoms with Crippen LogP contribution >= 0.6 is 34.5 Å². The lowest BCUT2D eigenvalue weighted by Gasteiger charge is -2.09. The summed E-state index contributed by atoms with van der Waals surface area (Å²) in [5.41, 5.74) is 6.36. The minimum absolute atomic E-state index is 0.323. The van der Waals surface area contributed by atoms with Gasteiger partial charge in [0.2, 0.25) is 0 Å². The van der Waals surface area contributed by atoms with Gasteiger partial charge in [0.15, 0.2) is 5.13 Å². The van der Waals surface area contributed by atoms with Crippen LogP contribution in [0.3, 0.4) is 0 Å². The van der Waals surface area contributed by atoms with Crippen LogP contribution in [0.4, 0.5) is 10.8 Å². The van der Waals surface area contributed by atoms with E-state index in [4.69, 9.17) is 27.9 Å². The second-order valence-electron chi connectivity index (χ2n) is 7.83. The van der Waals surface area contributed by atoms with Crippen LogP contribution in [0.15, 0.2) is 77.2 Å². The number of nitrogens with zero attached hydrogens (tertiary/aromatic N) is 2. The highest BCUT2D eigenvalue weighted by molar-refractivity contribution is 7.14. The zero-order valence-electron chi connectivity index (χ0n) is 19.5. The van der Waals surface area contributed by atoms with Crippen LogP contribution in [0, 0.1) is 0 Å². The number of hydrazone groups is 1. The molecule has 0 bridgehead atoms. The number of ether oxygens (including phenoxy) is 1. The molecule has 4 rings (SSSR count). The molecule has 1 heterocycles. The third kappa shape index (κ3) is 7.07. The van der Waals surface area contributed by atoms with E-state index in [-0.39, 0.29) is 5.91 Å². The number of aromatic nitrogens is 1. The third-order valence-electron chi connectivity index (χ3n) is 5.14. The molecule has 0 atom stereocenters. The molecule has 4 aromatic rings. The average Bonchev–Trinajstić information content (AvgIpc) is 3.35. The smallest absolute Gasteiger partial charge is 0.271 e. The molecule has 36 heavy (non-hydrogen) atoms. The van der Waals surface area contributed by atoms with E-state index in [2.05, 4.69) is 27.8 Å². The summed E-state index contributed by atoms with van der Waals surface area (Å²) in [4.78, 5) is 17.2. The van der Waals surface area contributed by atoms with Gasteiger partial charge in [-0.05, 0) is 61.0 Å². The van der Waals surface area contributed by atoms with Gasteiger partial charge < -0.3 is 10.1 Å². The van der Waals surface area contributed by atoms with Gasteiger partial charge in [-0.1, -0.05) is 48.7 Å². The molecule has 0 spiro atoms. The Balaban J connectivity index is 1.36. The molecule has 0 saturated heterocycles. The number of nitrogens with one attached hydrogen (secondary N) is 2. The van der Waals surface area contributed by atoms with Crippen molar-refractivity contribution in [1.82, 2.24) is 10.4 Å². The van der Waals surface area contributed by atoms with Crippen molar-refractivity contribution in [2.45, 2.75) is 19.8 Å². The number of carbonyl (C=O) groups is 1. The van der Waals surface area contributed by atoms with Crippen molar-refractivity contribution in [2.24, 2.45) is 5.10 Å². The first-order valence-corrected chi connectivity index (χ1v) is 13.0. The fourth-order valence-electron chi connectivity index (χ4n) is 3.22. The second kappa shape index (κ2) is 12.5. The number of anilines is 2. The normalized spacial score (nSPS) is 11.0. The van der Waals surface area contributed by atoms with Crippen LogP contribution in [0.2, 0.25) is 10.0 Å². The predicted octanol–water partition coefficient (Wildman–Crippen LogP) is 7.80. The van der Waals surface area contributed by atoms with Crippen LogP contribution in [0.25, 0.3) is 11.3 Å². The quantitative estimate of drug-likeness (QED) is 0.123. The van der Waals surface area contributed by atoms with Crippen molar-refractivity contribution < 1.29 is 9.53 Å². The van der Waals surface area contributed by atoms with Crippen LogP contribution in [-0.2, 0) is 0 Å². The highest BCUT2D eigenvalue weighted by Crippen LogP contribution is 2.28. The predicted molar refractivity (Wildman–Crippen MR) is 149 cm³/mol. The molecular weight excluding hydrogens is 515 g/mol. The monoisotopic (exact) mass is 538 g/mol. The fraction of sp³-hybridized carbons (Fsp3) is 0.148. The van der Waals surface area contributed by atoms with E-state index < -0.39 is 0 Å². The summed E-state index contributed by atoms with van der Waals surface area (Å²) in [6.45, 7) is 2.71. The first-order valence-electron chi connectivity index (χ1n) is 11.4. The largest absolute Gasteiger partial charge is 0.493 e. The first kappa shape index (κ1) is 25.7. The Hall–Kier alpha value is -3.39. The Bertz CT molecular complexity index is 1340. The van der Waals surface area contributed by atoms with Crippen molar-refractivity contribution in [1.29, 1.82) is 0 Å². The van der Waals surface area contributed by atoms with Gasteiger partial charge in [0.1, 0.15) is 5.75 Å². The second-order valence-corrected chi connectivity index (χ2v) is 9.56. The number of rotatable bonds is 10. The maximum atomic E-state index is 12.6. The van der Waals surface area contributed by atoms with Crippen molar-refractivity contribution in [3.05, 3.63) is 93.3 Å². The van der Waals surface area contributed by atoms with Gasteiger partial charge in [0.05, 0.1) is 18.5 Å². The molecule has 0 aliphatic rings. The van der Waals surface area contributed by atoms with Gasteiger partial charge >= 0.3 is 0 Å². The van der Waals surface area contributed by atoms with Gasteiger partial charge in [-0.3, -0.25) is 4.79 Å². The minimum atomic E-state index is -0.323. The maximum Gasteiger partial charge on any atom is 0.271 e. The number of unbranched alkanes of at least 4 members (excludes halogenated alkanes) is 1. The lowest BCUT2D eigenvalue weighted by Crippen LogP contribution is -2.17. The van der Waals surface area contributed by atoms with Gasteiger partial charge in [0.25, 0.3) is 5.91 Å². The molecule has 6 nitrogen and oxygen atoms in total. The highest BCUT2D eigenvalue weighted by atomic mass is 35.5. The van der Waals surface area contributed by atoms with Gasteiger partial charge in [0, 0.05) is 37.8 Å². The molecule has 0 unspecified atom stereocenters. The summed E-state index contributed by atoms with van der Waals surface area (Å²) >= 11 is 13.5. The standard InChI is InChI=1S/C27H24Cl2N4O2S/c1-2-3-14-35-25-13-10-22(29)15-20(25)16-30-33-26(34)19-6-4-18(5-7-19)24-17-36-27(32-24)31-23-11-8-21(28)9-12-23/h4-13,15-17H,2-3,14H2,1H3,(H,31,32)(H,33,34)/b30-16-. The fourth-order valence-corrected chi connectivity index (χ4v) is 4.26. The third-order valence-corrected chi connectivity index (χ3v) is 6.38. The molecule has 1 amide bonds. The Labute approximate surface area is 223 Å². The van der Waals surface area contributed by atoms with E-state index in [0.29, 0.717) is 33.5 Å². The van der Waals surface area contributed by atoms with E-state index in [1.54, 1.807) is 30.3 Å². The molecule has 1 aromatic heterocycles. The number of halogens is 2.